The molecule has 3 rings (SSSR count). The lowest BCUT2D eigenvalue weighted by molar-refractivity contribution is 0.335. The monoisotopic (exact) mass is 327 g/mol. The first kappa shape index (κ1) is 14.3. The first-order chi connectivity index (χ1) is 9.89. The molecule has 1 aliphatic rings. The number of hydrogen-bond acceptors (Lipinski definition) is 5. The summed E-state index contributed by atoms with van der Waals surface area (Å²) in [4.78, 5) is 0.178. The maximum absolute atomic E-state index is 12.8. The summed E-state index contributed by atoms with van der Waals surface area (Å²) in [5.41, 5.74) is 6.56. The third-order valence-corrected chi connectivity index (χ3v) is 5.83. The number of aromatic nitrogens is 3. The van der Waals surface area contributed by atoms with Crippen molar-refractivity contribution in [3.05, 3.63) is 34.9 Å². The van der Waals surface area contributed by atoms with Gasteiger partial charge in [0.1, 0.15) is 12.2 Å². The minimum Gasteiger partial charge on any atom is -0.397 e. The van der Waals surface area contributed by atoms with Crippen LogP contribution in [0.3, 0.4) is 0 Å². The summed E-state index contributed by atoms with van der Waals surface area (Å²) < 4.78 is 28.8. The molecule has 2 N–H and O–H groups in total. The topological polar surface area (TPSA) is 94.1 Å². The highest BCUT2D eigenvalue weighted by Gasteiger charge is 2.30. The van der Waals surface area contributed by atoms with E-state index in [0.717, 1.165) is 0 Å². The van der Waals surface area contributed by atoms with Crippen molar-refractivity contribution >= 4 is 27.3 Å². The molecule has 0 saturated carbocycles. The Bertz CT molecular complexity index is 802. The molecule has 0 bridgehead atoms. The second-order valence-corrected chi connectivity index (χ2v) is 7.23. The zero-order chi connectivity index (χ0) is 15.2. The van der Waals surface area contributed by atoms with Gasteiger partial charge >= 0.3 is 0 Å². The van der Waals surface area contributed by atoms with Gasteiger partial charge in [-0.1, -0.05) is 11.6 Å². The van der Waals surface area contributed by atoms with E-state index in [1.807, 2.05) is 4.57 Å². The van der Waals surface area contributed by atoms with E-state index in [1.54, 1.807) is 19.3 Å². The van der Waals surface area contributed by atoms with Crippen LogP contribution in [0.4, 0.5) is 5.69 Å². The van der Waals surface area contributed by atoms with Crippen molar-refractivity contribution < 1.29 is 8.42 Å². The van der Waals surface area contributed by atoms with Crippen LogP contribution >= 0.6 is 11.6 Å². The molecule has 0 radical (unpaired) electrons. The Morgan fingerprint density at radius 3 is 2.86 bits per heavy atom. The molecule has 0 saturated heterocycles. The molecule has 9 heteroatoms. The summed E-state index contributed by atoms with van der Waals surface area (Å²) in [5.74, 6) is 0.629. The molecular weight excluding hydrogens is 314 g/mol. The summed E-state index contributed by atoms with van der Waals surface area (Å²) >= 11 is 5.92. The fourth-order valence-corrected chi connectivity index (χ4v) is 4.18. The molecule has 1 aliphatic heterocycles. The lowest BCUT2D eigenvalue weighted by Crippen LogP contribution is -2.38. The van der Waals surface area contributed by atoms with Crippen LogP contribution in [0, 0.1) is 6.92 Å². The van der Waals surface area contributed by atoms with Crippen LogP contribution in [0.25, 0.3) is 0 Å². The Morgan fingerprint density at radius 2 is 2.10 bits per heavy atom. The van der Waals surface area contributed by atoms with Crippen LogP contribution in [0.2, 0.25) is 5.02 Å². The molecule has 1 aromatic heterocycles. The van der Waals surface area contributed by atoms with Gasteiger partial charge in [-0.05, 0) is 24.6 Å². The number of rotatable bonds is 2. The van der Waals surface area contributed by atoms with Crippen LogP contribution in [0.15, 0.2) is 23.4 Å². The molecule has 1 aromatic carbocycles. The number of aryl methyl sites for hydroxylation is 1. The van der Waals surface area contributed by atoms with Gasteiger partial charge in [0.25, 0.3) is 0 Å². The minimum absolute atomic E-state index is 0.178. The number of sulfonamides is 1. The normalized spacial score (nSPS) is 15.9. The molecule has 0 atom stereocenters. The number of hydrogen-bond donors (Lipinski definition) is 1. The summed E-state index contributed by atoms with van der Waals surface area (Å²) in [7, 11) is -3.64. The van der Waals surface area contributed by atoms with Crippen molar-refractivity contribution in [2.45, 2.75) is 24.9 Å². The predicted octanol–water partition coefficient (Wildman–Crippen LogP) is 1.03. The van der Waals surface area contributed by atoms with E-state index in [-0.39, 0.29) is 17.1 Å². The van der Waals surface area contributed by atoms with E-state index in [0.29, 0.717) is 29.5 Å². The lowest BCUT2D eigenvalue weighted by Gasteiger charge is -2.27. The first-order valence-corrected chi connectivity index (χ1v) is 8.14. The SMILES string of the molecule is Cc1cc(Cl)c(N)cc1S(=O)(=O)N1CCn2cnnc2C1. The average Bonchev–Trinajstić information content (AvgIpc) is 2.90. The summed E-state index contributed by atoms with van der Waals surface area (Å²) in [6.45, 7) is 2.80. The first-order valence-electron chi connectivity index (χ1n) is 6.32. The Balaban J connectivity index is 2.00. The molecule has 0 amide bonds. The number of nitrogen functional groups attached to an aromatic ring is 1. The van der Waals surface area contributed by atoms with Gasteiger partial charge in [0.15, 0.2) is 0 Å². The Kier molecular flexibility index (Phi) is 3.39. The molecule has 0 fully saturated rings. The summed E-state index contributed by atoms with van der Waals surface area (Å²) in [5, 5.41) is 8.07. The second kappa shape index (κ2) is 4.97. The molecule has 0 unspecified atom stereocenters. The second-order valence-electron chi connectivity index (χ2n) is 4.92. The molecule has 2 heterocycles. The van der Waals surface area contributed by atoms with Gasteiger partial charge in [0.05, 0.1) is 22.2 Å². The summed E-state index contributed by atoms with van der Waals surface area (Å²) in [6.07, 6.45) is 1.60. The van der Waals surface area contributed by atoms with Crippen LogP contribution in [0.5, 0.6) is 0 Å². The number of benzene rings is 1. The fraction of sp³-hybridized carbons (Fsp3) is 0.333. The molecular formula is C12H14ClN5O2S. The van der Waals surface area contributed by atoms with E-state index in [2.05, 4.69) is 10.2 Å². The highest BCUT2D eigenvalue weighted by atomic mass is 35.5. The third-order valence-electron chi connectivity index (χ3n) is 3.52. The average molecular weight is 328 g/mol. The van der Waals surface area contributed by atoms with Crippen molar-refractivity contribution in [2.75, 3.05) is 12.3 Å². The van der Waals surface area contributed by atoms with Gasteiger partial charge in [-0.15, -0.1) is 10.2 Å². The van der Waals surface area contributed by atoms with Gasteiger partial charge in [-0.25, -0.2) is 8.42 Å². The lowest BCUT2D eigenvalue weighted by atomic mass is 10.2. The quantitative estimate of drug-likeness (QED) is 0.831. The van der Waals surface area contributed by atoms with E-state index < -0.39 is 10.0 Å². The van der Waals surface area contributed by atoms with E-state index >= 15 is 0 Å². The third kappa shape index (κ3) is 2.39. The van der Waals surface area contributed by atoms with Crippen molar-refractivity contribution in [1.82, 2.24) is 19.1 Å². The Morgan fingerprint density at radius 1 is 1.33 bits per heavy atom. The number of halogens is 1. The standard InChI is InChI=1S/C12H14ClN5O2S/c1-8-4-9(13)10(14)5-11(8)21(19,20)18-3-2-17-7-15-16-12(17)6-18/h4-5,7H,2-3,6,14H2,1H3. The van der Waals surface area contributed by atoms with Crippen molar-refractivity contribution in [2.24, 2.45) is 0 Å². The Labute approximate surface area is 127 Å². The number of fused-ring (bicyclic) bond motifs is 1. The van der Waals surface area contributed by atoms with Gasteiger partial charge in [0, 0.05) is 13.1 Å². The zero-order valence-electron chi connectivity index (χ0n) is 11.3. The number of nitrogens with two attached hydrogens (primary N) is 1. The predicted molar refractivity (Wildman–Crippen MR) is 78.2 cm³/mol. The van der Waals surface area contributed by atoms with Crippen LogP contribution < -0.4 is 5.73 Å². The van der Waals surface area contributed by atoms with Crippen molar-refractivity contribution in [3.8, 4) is 0 Å². The largest absolute Gasteiger partial charge is 0.397 e. The van der Waals surface area contributed by atoms with Gasteiger partial charge in [0.2, 0.25) is 10.0 Å². The van der Waals surface area contributed by atoms with E-state index in [1.165, 1.54) is 10.4 Å². The van der Waals surface area contributed by atoms with Gasteiger partial charge in [-0.3, -0.25) is 0 Å². The van der Waals surface area contributed by atoms with E-state index in [4.69, 9.17) is 17.3 Å². The van der Waals surface area contributed by atoms with Crippen LogP contribution in [-0.4, -0.2) is 34.0 Å². The molecule has 112 valence electrons. The highest BCUT2D eigenvalue weighted by Crippen LogP contribution is 2.29. The van der Waals surface area contributed by atoms with Crippen LogP contribution in [0.1, 0.15) is 11.4 Å². The van der Waals surface area contributed by atoms with Crippen molar-refractivity contribution in [3.63, 3.8) is 0 Å². The molecule has 0 spiro atoms. The highest BCUT2D eigenvalue weighted by molar-refractivity contribution is 7.89. The Hall–Kier alpha value is -1.64. The molecule has 2 aromatic rings. The van der Waals surface area contributed by atoms with Crippen molar-refractivity contribution in [1.29, 1.82) is 0 Å². The van der Waals surface area contributed by atoms with Gasteiger partial charge < -0.3 is 10.3 Å². The maximum atomic E-state index is 12.8. The maximum Gasteiger partial charge on any atom is 0.243 e. The molecule has 7 nitrogen and oxygen atoms in total. The van der Waals surface area contributed by atoms with Crippen LogP contribution in [-0.2, 0) is 23.1 Å². The van der Waals surface area contributed by atoms with Gasteiger partial charge in [-0.2, -0.15) is 4.31 Å². The van der Waals surface area contributed by atoms with E-state index in [9.17, 15) is 8.42 Å². The minimum atomic E-state index is -3.64. The number of anilines is 1. The smallest absolute Gasteiger partial charge is 0.243 e. The fourth-order valence-electron chi connectivity index (χ4n) is 2.33. The number of nitrogens with zero attached hydrogens (tertiary/aromatic N) is 4. The summed E-state index contributed by atoms with van der Waals surface area (Å²) in [6, 6.07) is 2.97. The molecule has 21 heavy (non-hydrogen) atoms. The molecule has 0 aliphatic carbocycles. The zero-order valence-corrected chi connectivity index (χ0v) is 12.9.